The quantitative estimate of drug-likeness (QED) is 0.0294. The number of rotatable bonds is 15. The lowest BCUT2D eigenvalue weighted by Crippen LogP contribution is -2.33. The van der Waals surface area contributed by atoms with Crippen LogP contribution in [0, 0.1) is 0 Å². The minimum atomic E-state index is -4.16. The van der Waals surface area contributed by atoms with Gasteiger partial charge in [0.2, 0.25) is 11.9 Å². The molecule has 22 nitrogen and oxygen atoms in total. The number of aromatic hydroxyl groups is 4. The lowest BCUT2D eigenvalue weighted by Gasteiger charge is -2.32. The van der Waals surface area contributed by atoms with E-state index in [0.29, 0.717) is 0 Å². The third kappa shape index (κ3) is 9.06. The number of Topliss-reactive ketones (excluding diaryl/α,β-unsaturated/α-hetero) is 2. The molecule has 0 radical (unpaired) electrons. The number of hydrogen-bond acceptors (Lipinski definition) is 20. The van der Waals surface area contributed by atoms with E-state index in [-0.39, 0.29) is 90.5 Å². The highest BCUT2D eigenvalue weighted by molar-refractivity contribution is 7.93. The molecule has 2 aliphatic carbocycles. The average molecular weight is 1040 g/mol. The van der Waals surface area contributed by atoms with Crippen LogP contribution in [0.1, 0.15) is 117 Å². The molecule has 74 heavy (non-hydrogen) atoms. The van der Waals surface area contributed by atoms with Crippen molar-refractivity contribution < 1.29 is 56.4 Å². The first kappa shape index (κ1) is 51.2. The van der Waals surface area contributed by atoms with Gasteiger partial charge in [0.1, 0.15) is 0 Å². The van der Waals surface area contributed by atoms with E-state index in [4.69, 9.17) is 0 Å². The van der Waals surface area contributed by atoms with Crippen LogP contribution in [0.3, 0.4) is 0 Å². The molecule has 8 N–H and O–H groups in total. The second-order valence-electron chi connectivity index (χ2n) is 17.3. The molecule has 0 saturated heterocycles. The molecule has 0 bridgehead atoms. The number of hydrogen-bond donors (Lipinski definition) is 8. The molecule has 0 spiro atoms. The van der Waals surface area contributed by atoms with E-state index in [0.717, 1.165) is 0 Å². The molecule has 0 amide bonds. The number of anilines is 4. The van der Waals surface area contributed by atoms with Crippen molar-refractivity contribution in [2.75, 3.05) is 20.3 Å². The predicted molar refractivity (Wildman–Crippen MR) is 271 cm³/mol. The Morgan fingerprint density at radius 3 is 1.14 bits per heavy atom. The number of fused-ring (bicyclic) bond motifs is 2. The van der Waals surface area contributed by atoms with E-state index < -0.39 is 99.8 Å². The zero-order chi connectivity index (χ0) is 53.6. The van der Waals surface area contributed by atoms with Crippen LogP contribution in [-0.4, -0.2) is 92.8 Å². The van der Waals surface area contributed by atoms with Gasteiger partial charge in [-0.2, -0.15) is 10.2 Å². The summed E-state index contributed by atoms with van der Waals surface area (Å²) in [4.78, 5) is 71.8. The number of carbonyl (C=O) groups is 4. The standard InChI is InChI=1S/C50H44N10O12S2/c1-23(2)33-39-37(31(21-61)43(63)47(33)67)45(65)35(25(5)41(39)57-55-27-9-13-29(14-10-27)73(69,70)59-49-51-17-7-18-52-49)36-26(6)42(40-34(24(3)4)48(68)44(64)32(22-62)38(40)46(36)66)58-56-28-11-15-30(16-12-28)74(71,72)60-50-53-19-8-20-54-50/h7-24,55-56,63-64,67-68H,1-6H3,(H,51,52,59)(H,53,54,60)/b57-41+,58-42+. The van der Waals surface area contributed by atoms with Gasteiger partial charge in [-0.3, -0.25) is 30.0 Å². The number of nitrogens with zero attached hydrogens (tertiary/aromatic N) is 6. The second-order valence-corrected chi connectivity index (χ2v) is 20.7. The molecule has 378 valence electrons. The number of allylic oxidation sites excluding steroid dienone is 4. The number of aldehydes is 2. The van der Waals surface area contributed by atoms with Gasteiger partial charge in [0, 0.05) is 69.3 Å². The third-order valence-corrected chi connectivity index (χ3v) is 14.7. The molecule has 0 unspecified atom stereocenters. The Hall–Kier alpha value is -9.16. The van der Waals surface area contributed by atoms with Crippen LogP contribution in [0.4, 0.5) is 23.3 Å². The number of sulfonamides is 2. The summed E-state index contributed by atoms with van der Waals surface area (Å²) in [5, 5.41) is 54.8. The molecular weight excluding hydrogens is 997 g/mol. The highest BCUT2D eigenvalue weighted by atomic mass is 32.2. The van der Waals surface area contributed by atoms with Crippen molar-refractivity contribution in [2.24, 2.45) is 10.2 Å². The normalized spacial score (nSPS) is 14.9. The van der Waals surface area contributed by atoms with E-state index in [1.807, 2.05) is 0 Å². The van der Waals surface area contributed by atoms with Crippen LogP contribution in [0.2, 0.25) is 0 Å². The van der Waals surface area contributed by atoms with Crippen LogP contribution in [0.25, 0.3) is 0 Å². The smallest absolute Gasteiger partial charge is 0.264 e. The number of hydrazone groups is 2. The molecule has 24 heteroatoms. The third-order valence-electron chi connectivity index (χ3n) is 12.0. The maximum absolute atomic E-state index is 15.4. The molecular formula is C50H44N10O12S2. The van der Waals surface area contributed by atoms with E-state index in [9.17, 15) is 46.9 Å². The van der Waals surface area contributed by atoms with E-state index in [2.05, 4.69) is 50.4 Å². The predicted octanol–water partition coefficient (Wildman–Crippen LogP) is 6.92. The van der Waals surface area contributed by atoms with Gasteiger partial charge in [-0.05, 0) is 97.5 Å². The van der Waals surface area contributed by atoms with Crippen molar-refractivity contribution in [1.82, 2.24) is 19.9 Å². The first-order chi connectivity index (χ1) is 35.1. The maximum Gasteiger partial charge on any atom is 0.264 e. The van der Waals surface area contributed by atoms with Crippen molar-refractivity contribution >= 4 is 78.9 Å². The summed E-state index contributed by atoms with van der Waals surface area (Å²) in [6, 6.07) is 13.5. The Bertz CT molecular complexity index is 3470. The summed E-state index contributed by atoms with van der Waals surface area (Å²) < 4.78 is 57.2. The number of aromatic nitrogens is 4. The fourth-order valence-electron chi connectivity index (χ4n) is 8.64. The average Bonchev–Trinajstić information content (AvgIpc) is 3.36. The van der Waals surface area contributed by atoms with Crippen molar-refractivity contribution in [2.45, 2.75) is 63.2 Å². The van der Waals surface area contributed by atoms with Gasteiger partial charge < -0.3 is 20.4 Å². The summed E-state index contributed by atoms with van der Waals surface area (Å²) in [6.07, 6.45) is 5.74. The summed E-state index contributed by atoms with van der Waals surface area (Å²) >= 11 is 0. The van der Waals surface area contributed by atoms with Gasteiger partial charge in [0.05, 0.1) is 43.7 Å². The van der Waals surface area contributed by atoms with Gasteiger partial charge in [0.25, 0.3) is 20.0 Å². The molecule has 0 aliphatic heterocycles. The summed E-state index contributed by atoms with van der Waals surface area (Å²) in [5.74, 6) is -6.92. The number of carbonyl (C=O) groups excluding carboxylic acids is 4. The monoisotopic (exact) mass is 1040 g/mol. The lowest BCUT2D eigenvalue weighted by atomic mass is 9.70. The Labute approximate surface area is 422 Å². The highest BCUT2D eigenvalue weighted by Gasteiger charge is 2.45. The van der Waals surface area contributed by atoms with Crippen LogP contribution in [-0.2, 0) is 20.0 Å². The molecule has 0 saturated carbocycles. The molecule has 2 aromatic heterocycles. The minimum absolute atomic E-state index is 0.00303. The Balaban J connectivity index is 1.32. The highest BCUT2D eigenvalue weighted by Crippen LogP contribution is 2.50. The summed E-state index contributed by atoms with van der Waals surface area (Å²) in [7, 11) is -8.32. The number of phenolic OH excluding ortho intramolecular Hbond substituents is 4. The largest absolute Gasteiger partial charge is 0.504 e. The summed E-state index contributed by atoms with van der Waals surface area (Å²) in [5.41, 5.74) is 2.54. The Morgan fingerprint density at radius 1 is 0.514 bits per heavy atom. The lowest BCUT2D eigenvalue weighted by molar-refractivity contribution is 0.0989. The van der Waals surface area contributed by atoms with E-state index in [1.165, 1.54) is 99.3 Å². The van der Waals surface area contributed by atoms with Gasteiger partial charge in [0.15, 0.2) is 47.1 Å². The maximum atomic E-state index is 15.4. The van der Waals surface area contributed by atoms with Crippen LogP contribution in [0.15, 0.2) is 128 Å². The first-order valence-corrected chi connectivity index (χ1v) is 25.2. The number of ketones is 2. The van der Waals surface area contributed by atoms with E-state index >= 15 is 9.59 Å². The molecule has 4 aromatic carbocycles. The molecule has 0 atom stereocenters. The van der Waals surface area contributed by atoms with Gasteiger partial charge in [-0.1, -0.05) is 27.7 Å². The van der Waals surface area contributed by atoms with Crippen molar-refractivity contribution in [3.8, 4) is 23.0 Å². The minimum Gasteiger partial charge on any atom is -0.504 e. The number of benzene rings is 4. The van der Waals surface area contributed by atoms with Gasteiger partial charge in [-0.15, -0.1) is 0 Å². The molecule has 6 aromatic rings. The number of phenols is 4. The van der Waals surface area contributed by atoms with Crippen molar-refractivity contribution in [3.05, 3.63) is 152 Å². The molecule has 0 fully saturated rings. The van der Waals surface area contributed by atoms with Crippen molar-refractivity contribution in [3.63, 3.8) is 0 Å². The topological polar surface area (TPSA) is 342 Å². The molecule has 8 rings (SSSR count). The zero-order valence-electron chi connectivity index (χ0n) is 39.9. The van der Waals surface area contributed by atoms with Gasteiger partial charge in [-0.25, -0.2) is 46.2 Å². The Kier molecular flexibility index (Phi) is 13.7. The SMILES string of the molecule is CC1=C(C2=C(C)/C(=N\Nc3ccc(S(=O)(=O)Nc4ncccn4)cc3)c3c(c(C=O)c(O)c(O)c3C(C)C)C2=O)C(=O)c2c(C=O)c(O)c(O)c(C(C)C)c2/C1=N/Nc1ccc(S(=O)(=O)Nc2ncccn2)cc1. The molecule has 2 heterocycles. The van der Waals surface area contributed by atoms with E-state index in [1.54, 1.807) is 27.7 Å². The summed E-state index contributed by atoms with van der Waals surface area (Å²) in [6.45, 7) is 9.45. The first-order valence-electron chi connectivity index (χ1n) is 22.3. The van der Waals surface area contributed by atoms with Crippen LogP contribution < -0.4 is 20.3 Å². The number of nitrogens with one attached hydrogen (secondary N) is 4. The zero-order valence-corrected chi connectivity index (χ0v) is 41.6. The second kappa shape index (κ2) is 19.8. The fraction of sp³-hybridized carbons (Fsp3) is 0.160. The van der Waals surface area contributed by atoms with Crippen LogP contribution >= 0.6 is 0 Å². The Morgan fingerprint density at radius 2 is 0.838 bits per heavy atom. The fourth-order valence-corrected chi connectivity index (χ4v) is 10.6. The molecule has 2 aliphatic rings. The van der Waals surface area contributed by atoms with Gasteiger partial charge >= 0.3 is 0 Å². The van der Waals surface area contributed by atoms with Crippen LogP contribution in [0.5, 0.6) is 23.0 Å². The van der Waals surface area contributed by atoms with Crippen molar-refractivity contribution in [1.29, 1.82) is 0 Å².